The molecule has 0 radical (unpaired) electrons. The zero-order chi connectivity index (χ0) is 20.3. The van der Waals surface area contributed by atoms with Crippen LogP contribution in [0.4, 0.5) is 0 Å². The summed E-state index contributed by atoms with van der Waals surface area (Å²) in [6.07, 6.45) is 3.94. The van der Waals surface area contributed by atoms with Crippen molar-refractivity contribution in [1.29, 1.82) is 0 Å². The van der Waals surface area contributed by atoms with Gasteiger partial charge in [-0.2, -0.15) is 0 Å². The number of esters is 1. The highest BCUT2D eigenvalue weighted by molar-refractivity contribution is 7.90. The summed E-state index contributed by atoms with van der Waals surface area (Å²) in [7, 11) is -3.82. The maximum Gasteiger partial charge on any atom is 0.379 e. The highest BCUT2D eigenvalue weighted by Crippen LogP contribution is 2.27. The molecule has 1 heterocycles. The molecule has 0 aliphatic heterocycles. The van der Waals surface area contributed by atoms with Crippen molar-refractivity contribution in [3.05, 3.63) is 71.9 Å². The van der Waals surface area contributed by atoms with E-state index in [1.165, 1.54) is 16.2 Å². The number of hydrogen-bond acceptors (Lipinski definition) is 5. The van der Waals surface area contributed by atoms with E-state index in [4.69, 9.17) is 0 Å². The van der Waals surface area contributed by atoms with Gasteiger partial charge in [-0.15, -0.1) is 0 Å². The van der Waals surface area contributed by atoms with Gasteiger partial charge >= 0.3 is 5.97 Å². The Morgan fingerprint density at radius 3 is 2.43 bits per heavy atom. The zero-order valence-corrected chi connectivity index (χ0v) is 16.3. The summed E-state index contributed by atoms with van der Waals surface area (Å²) in [5.41, 5.74) is 1.94. The SMILES string of the molecule is CCOC(=O)C(=O)/C=C/c1cn(S(=O)(=O)c2ccc(C)cc2)c2ccccc12. The molecule has 3 aromatic rings. The van der Waals surface area contributed by atoms with Crippen LogP contribution < -0.4 is 0 Å². The highest BCUT2D eigenvalue weighted by atomic mass is 32.2. The number of benzene rings is 2. The first kappa shape index (κ1) is 19.6. The molecule has 6 nitrogen and oxygen atoms in total. The molecule has 0 saturated heterocycles. The average Bonchev–Trinajstić information content (AvgIpc) is 3.06. The van der Waals surface area contributed by atoms with Gasteiger partial charge in [-0.3, -0.25) is 4.79 Å². The normalized spacial score (nSPS) is 11.8. The number of para-hydroxylation sites is 1. The van der Waals surface area contributed by atoms with Gasteiger partial charge in [0.1, 0.15) is 0 Å². The minimum Gasteiger partial charge on any atom is -0.460 e. The Morgan fingerprint density at radius 2 is 1.75 bits per heavy atom. The fraction of sp³-hybridized carbons (Fsp3) is 0.143. The van der Waals surface area contributed by atoms with Crippen molar-refractivity contribution >= 4 is 38.8 Å². The average molecular weight is 397 g/mol. The second-order valence-electron chi connectivity index (χ2n) is 6.13. The Morgan fingerprint density at radius 1 is 1.07 bits per heavy atom. The van der Waals surface area contributed by atoms with Crippen LogP contribution in [-0.2, 0) is 24.3 Å². The summed E-state index contributed by atoms with van der Waals surface area (Å²) < 4.78 is 32.1. The second-order valence-corrected chi connectivity index (χ2v) is 7.95. The fourth-order valence-corrected chi connectivity index (χ4v) is 4.14. The Balaban J connectivity index is 2.07. The fourth-order valence-electron chi connectivity index (χ4n) is 2.77. The number of aryl methyl sites for hydroxylation is 1. The molecule has 0 aliphatic rings. The monoisotopic (exact) mass is 397 g/mol. The number of carbonyl (C=O) groups is 2. The minimum absolute atomic E-state index is 0.104. The molecule has 1 aromatic heterocycles. The van der Waals surface area contributed by atoms with E-state index in [1.807, 2.05) is 6.92 Å². The predicted octanol–water partition coefficient (Wildman–Crippen LogP) is 3.33. The van der Waals surface area contributed by atoms with E-state index in [9.17, 15) is 18.0 Å². The summed E-state index contributed by atoms with van der Waals surface area (Å²) in [5.74, 6) is -1.75. The third-order valence-corrected chi connectivity index (χ3v) is 5.87. The van der Waals surface area contributed by atoms with Crippen LogP contribution in [0.25, 0.3) is 17.0 Å². The summed E-state index contributed by atoms with van der Waals surface area (Å²) in [6.45, 7) is 3.59. The summed E-state index contributed by atoms with van der Waals surface area (Å²) in [6, 6.07) is 13.5. The Kier molecular flexibility index (Phi) is 5.46. The molecule has 2 aromatic carbocycles. The molecule has 0 atom stereocenters. The summed E-state index contributed by atoms with van der Waals surface area (Å²) in [4.78, 5) is 23.5. The number of ether oxygens (including phenoxy) is 1. The number of aromatic nitrogens is 1. The zero-order valence-electron chi connectivity index (χ0n) is 15.5. The maximum absolute atomic E-state index is 13.1. The topological polar surface area (TPSA) is 82.4 Å². The van der Waals surface area contributed by atoms with Crippen LogP contribution in [0.1, 0.15) is 18.1 Å². The quantitative estimate of drug-likeness (QED) is 0.362. The second kappa shape index (κ2) is 7.82. The van der Waals surface area contributed by atoms with E-state index >= 15 is 0 Å². The van der Waals surface area contributed by atoms with Crippen molar-refractivity contribution in [3.8, 4) is 0 Å². The van der Waals surface area contributed by atoms with Crippen LogP contribution in [0.15, 0.2) is 65.7 Å². The maximum atomic E-state index is 13.1. The molecule has 0 bridgehead atoms. The van der Waals surface area contributed by atoms with Crippen LogP contribution >= 0.6 is 0 Å². The number of carbonyl (C=O) groups excluding carboxylic acids is 2. The molecule has 3 rings (SSSR count). The lowest BCUT2D eigenvalue weighted by Crippen LogP contribution is -2.14. The van der Waals surface area contributed by atoms with Crippen molar-refractivity contribution in [2.75, 3.05) is 6.61 Å². The summed E-state index contributed by atoms with van der Waals surface area (Å²) >= 11 is 0. The van der Waals surface area contributed by atoms with Gasteiger partial charge in [-0.05, 0) is 44.2 Å². The molecule has 0 aliphatic carbocycles. The number of rotatable bonds is 6. The van der Waals surface area contributed by atoms with E-state index in [0.29, 0.717) is 16.5 Å². The first-order valence-corrected chi connectivity index (χ1v) is 10.1. The van der Waals surface area contributed by atoms with Crippen LogP contribution in [-0.4, -0.2) is 30.7 Å². The third kappa shape index (κ3) is 3.75. The lowest BCUT2D eigenvalue weighted by atomic mass is 10.1. The van der Waals surface area contributed by atoms with Gasteiger partial charge in [0.25, 0.3) is 15.8 Å². The van der Waals surface area contributed by atoms with E-state index in [-0.39, 0.29) is 11.5 Å². The van der Waals surface area contributed by atoms with Gasteiger partial charge in [-0.1, -0.05) is 35.9 Å². The molecule has 0 fully saturated rings. The van der Waals surface area contributed by atoms with Gasteiger partial charge in [0.2, 0.25) is 0 Å². The molecule has 0 N–H and O–H groups in total. The summed E-state index contributed by atoms with van der Waals surface area (Å²) in [5, 5.41) is 0.645. The smallest absolute Gasteiger partial charge is 0.379 e. The third-order valence-electron chi connectivity index (χ3n) is 4.18. The number of nitrogens with zero attached hydrogens (tertiary/aromatic N) is 1. The van der Waals surface area contributed by atoms with Gasteiger partial charge in [-0.25, -0.2) is 17.2 Å². The Bertz CT molecular complexity index is 1170. The standard InChI is InChI=1S/C21H19NO5S/c1-3-27-21(24)20(23)13-10-16-14-22(19-7-5-4-6-18(16)19)28(25,26)17-11-8-15(2)9-12-17/h4-14H,3H2,1-2H3/b13-10+. The molecule has 7 heteroatoms. The van der Waals surface area contributed by atoms with E-state index in [1.54, 1.807) is 55.5 Å². The predicted molar refractivity (Wildman–Crippen MR) is 106 cm³/mol. The van der Waals surface area contributed by atoms with Crippen molar-refractivity contribution in [1.82, 2.24) is 3.97 Å². The van der Waals surface area contributed by atoms with Crippen LogP contribution in [0, 0.1) is 6.92 Å². The molecule has 0 spiro atoms. The molecule has 0 saturated carbocycles. The molecule has 0 unspecified atom stereocenters. The molecule has 144 valence electrons. The van der Waals surface area contributed by atoms with Crippen LogP contribution in [0.2, 0.25) is 0 Å². The minimum atomic E-state index is -3.82. The van der Waals surface area contributed by atoms with Gasteiger partial charge in [0, 0.05) is 17.1 Å². The number of fused-ring (bicyclic) bond motifs is 1. The first-order valence-electron chi connectivity index (χ1n) is 8.66. The van der Waals surface area contributed by atoms with Crippen LogP contribution in [0.3, 0.4) is 0 Å². The molecular weight excluding hydrogens is 378 g/mol. The van der Waals surface area contributed by atoms with Gasteiger partial charge < -0.3 is 4.74 Å². The van der Waals surface area contributed by atoms with Gasteiger partial charge in [0.05, 0.1) is 17.0 Å². The van der Waals surface area contributed by atoms with E-state index in [0.717, 1.165) is 11.6 Å². The molecule has 28 heavy (non-hydrogen) atoms. The molecule has 0 amide bonds. The van der Waals surface area contributed by atoms with Crippen LogP contribution in [0.5, 0.6) is 0 Å². The Hall–Kier alpha value is -3.19. The first-order chi connectivity index (χ1) is 13.3. The van der Waals surface area contributed by atoms with E-state index in [2.05, 4.69) is 4.74 Å². The number of ketones is 1. The largest absolute Gasteiger partial charge is 0.460 e. The van der Waals surface area contributed by atoms with Gasteiger partial charge in [0.15, 0.2) is 0 Å². The van der Waals surface area contributed by atoms with E-state index < -0.39 is 21.8 Å². The van der Waals surface area contributed by atoms with Crippen molar-refractivity contribution in [2.24, 2.45) is 0 Å². The number of hydrogen-bond donors (Lipinski definition) is 0. The van der Waals surface area contributed by atoms with Crippen molar-refractivity contribution in [3.63, 3.8) is 0 Å². The molecular formula is C21H19NO5S. The van der Waals surface area contributed by atoms with Crippen molar-refractivity contribution in [2.45, 2.75) is 18.7 Å². The lowest BCUT2D eigenvalue weighted by Gasteiger charge is -2.07. The van der Waals surface area contributed by atoms with Crippen molar-refractivity contribution < 1.29 is 22.7 Å². The highest BCUT2D eigenvalue weighted by Gasteiger charge is 2.20. The lowest BCUT2D eigenvalue weighted by molar-refractivity contribution is -0.151. The Labute approximate surface area is 163 Å².